The molecule has 0 saturated heterocycles. The van der Waals surface area contributed by atoms with Gasteiger partial charge < -0.3 is 10.1 Å². The Morgan fingerprint density at radius 3 is 2.24 bits per heavy atom. The second-order valence-corrected chi connectivity index (χ2v) is 5.47. The van der Waals surface area contributed by atoms with Crippen molar-refractivity contribution in [3.8, 4) is 5.75 Å². The van der Waals surface area contributed by atoms with Gasteiger partial charge in [-0.15, -0.1) is 0 Å². The summed E-state index contributed by atoms with van der Waals surface area (Å²) in [6, 6.07) is 12.5. The van der Waals surface area contributed by atoms with E-state index in [1.165, 1.54) is 0 Å². The summed E-state index contributed by atoms with van der Waals surface area (Å²) >= 11 is 12.0. The van der Waals surface area contributed by atoms with Crippen LogP contribution < -0.4 is 10.1 Å². The third kappa shape index (κ3) is 4.13. The lowest BCUT2D eigenvalue weighted by Crippen LogP contribution is -2.30. The number of rotatable bonds is 4. The minimum atomic E-state index is -0.667. The Bertz CT molecular complexity index is 621. The van der Waals surface area contributed by atoms with Crippen LogP contribution in [0.1, 0.15) is 12.5 Å². The van der Waals surface area contributed by atoms with E-state index in [0.29, 0.717) is 21.5 Å². The molecule has 2 aromatic rings. The summed E-state index contributed by atoms with van der Waals surface area (Å²) in [5, 5.41) is 3.46. The monoisotopic (exact) mass is 323 g/mol. The minimum Gasteiger partial charge on any atom is -0.481 e. The number of hydrogen-bond acceptors (Lipinski definition) is 2. The average Bonchev–Trinajstić information content (AvgIpc) is 2.45. The molecule has 0 saturated carbocycles. The number of halogens is 2. The average molecular weight is 324 g/mol. The molecule has 1 atom stereocenters. The number of benzene rings is 2. The van der Waals surface area contributed by atoms with E-state index in [1.54, 1.807) is 25.1 Å². The lowest BCUT2D eigenvalue weighted by molar-refractivity contribution is -0.122. The van der Waals surface area contributed by atoms with Crippen LogP contribution in [0.4, 0.5) is 5.69 Å². The maximum atomic E-state index is 12.1. The zero-order chi connectivity index (χ0) is 15.4. The molecule has 0 bridgehead atoms. The van der Waals surface area contributed by atoms with E-state index in [1.807, 2.05) is 31.2 Å². The summed E-state index contributed by atoms with van der Waals surface area (Å²) in [6.07, 6.45) is -0.667. The SMILES string of the molecule is Cc1ccc(O[C@H](C)C(=O)Nc2c(Cl)cccc2Cl)cc1. The molecule has 5 heteroatoms. The first kappa shape index (κ1) is 15.7. The molecule has 0 aliphatic carbocycles. The Kier molecular flexibility index (Phi) is 5.10. The Labute approximate surface area is 133 Å². The highest BCUT2D eigenvalue weighted by atomic mass is 35.5. The molecule has 0 aliphatic heterocycles. The molecule has 1 N–H and O–H groups in total. The lowest BCUT2D eigenvalue weighted by atomic mass is 10.2. The molecule has 110 valence electrons. The molecule has 0 fully saturated rings. The Hall–Kier alpha value is -1.71. The normalized spacial score (nSPS) is 11.8. The maximum absolute atomic E-state index is 12.1. The van der Waals surface area contributed by atoms with E-state index in [2.05, 4.69) is 5.32 Å². The largest absolute Gasteiger partial charge is 0.481 e. The minimum absolute atomic E-state index is 0.314. The zero-order valence-corrected chi connectivity index (χ0v) is 13.2. The van der Waals surface area contributed by atoms with Gasteiger partial charge in [-0.1, -0.05) is 47.0 Å². The van der Waals surface area contributed by atoms with Crippen LogP contribution in [-0.2, 0) is 4.79 Å². The van der Waals surface area contributed by atoms with Crippen molar-refractivity contribution in [1.29, 1.82) is 0 Å². The van der Waals surface area contributed by atoms with Gasteiger partial charge in [0.15, 0.2) is 6.10 Å². The number of carbonyl (C=O) groups excluding carboxylic acids is 1. The quantitative estimate of drug-likeness (QED) is 0.885. The van der Waals surface area contributed by atoms with Gasteiger partial charge in [-0.05, 0) is 38.1 Å². The molecule has 0 aliphatic rings. The van der Waals surface area contributed by atoms with E-state index in [4.69, 9.17) is 27.9 Å². The predicted molar refractivity (Wildman–Crippen MR) is 86.4 cm³/mol. The third-order valence-corrected chi connectivity index (χ3v) is 3.54. The number of ether oxygens (including phenoxy) is 1. The van der Waals surface area contributed by atoms with E-state index in [-0.39, 0.29) is 5.91 Å². The van der Waals surface area contributed by atoms with Crippen molar-refractivity contribution in [3.05, 3.63) is 58.1 Å². The van der Waals surface area contributed by atoms with Gasteiger partial charge in [-0.2, -0.15) is 0 Å². The predicted octanol–water partition coefficient (Wildman–Crippen LogP) is 4.71. The van der Waals surface area contributed by atoms with Crippen LogP contribution in [0.25, 0.3) is 0 Å². The first-order chi connectivity index (χ1) is 9.97. The van der Waals surface area contributed by atoms with E-state index < -0.39 is 6.10 Å². The fraction of sp³-hybridized carbons (Fsp3) is 0.188. The summed E-state index contributed by atoms with van der Waals surface area (Å²) in [6.45, 7) is 3.65. The van der Waals surface area contributed by atoms with Gasteiger partial charge >= 0.3 is 0 Å². The molecule has 21 heavy (non-hydrogen) atoms. The van der Waals surface area contributed by atoms with Crippen LogP contribution in [0.2, 0.25) is 10.0 Å². The van der Waals surface area contributed by atoms with Gasteiger partial charge in [-0.25, -0.2) is 0 Å². The van der Waals surface area contributed by atoms with Gasteiger partial charge in [-0.3, -0.25) is 4.79 Å². The number of hydrogen-bond donors (Lipinski definition) is 1. The van der Waals surface area contributed by atoms with Gasteiger partial charge in [0, 0.05) is 0 Å². The summed E-state index contributed by atoms with van der Waals surface area (Å²) in [5.74, 6) is 0.319. The first-order valence-electron chi connectivity index (χ1n) is 6.45. The summed E-state index contributed by atoms with van der Waals surface area (Å²) in [4.78, 5) is 12.1. The molecule has 0 heterocycles. The zero-order valence-electron chi connectivity index (χ0n) is 11.7. The van der Waals surface area contributed by atoms with Crippen LogP contribution in [0.5, 0.6) is 5.75 Å². The number of anilines is 1. The second-order valence-electron chi connectivity index (χ2n) is 4.66. The van der Waals surface area contributed by atoms with Gasteiger partial charge in [0.1, 0.15) is 5.75 Å². The van der Waals surface area contributed by atoms with Crippen molar-refractivity contribution in [1.82, 2.24) is 0 Å². The number of nitrogens with one attached hydrogen (secondary N) is 1. The topological polar surface area (TPSA) is 38.3 Å². The molecule has 3 nitrogen and oxygen atoms in total. The van der Waals surface area contributed by atoms with Crippen molar-refractivity contribution in [2.75, 3.05) is 5.32 Å². The van der Waals surface area contributed by atoms with E-state index >= 15 is 0 Å². The molecular formula is C16H15Cl2NO2. The molecule has 0 unspecified atom stereocenters. The van der Waals surface area contributed by atoms with Crippen molar-refractivity contribution < 1.29 is 9.53 Å². The molecule has 0 aromatic heterocycles. The standard InChI is InChI=1S/C16H15Cl2NO2/c1-10-6-8-12(9-7-10)21-11(2)16(20)19-15-13(17)4-3-5-14(15)18/h3-9,11H,1-2H3,(H,19,20)/t11-/m1/s1. The second kappa shape index (κ2) is 6.83. The van der Waals surface area contributed by atoms with Crippen LogP contribution in [0.15, 0.2) is 42.5 Å². The lowest BCUT2D eigenvalue weighted by Gasteiger charge is -2.16. The van der Waals surface area contributed by atoms with Crippen LogP contribution in [-0.4, -0.2) is 12.0 Å². The van der Waals surface area contributed by atoms with E-state index in [9.17, 15) is 4.79 Å². The molecule has 0 spiro atoms. The Morgan fingerprint density at radius 2 is 1.67 bits per heavy atom. The number of carbonyl (C=O) groups is 1. The summed E-state index contributed by atoms with van der Waals surface area (Å²) in [5.41, 5.74) is 1.52. The maximum Gasteiger partial charge on any atom is 0.265 e. The fourth-order valence-corrected chi connectivity index (χ4v) is 2.21. The van der Waals surface area contributed by atoms with Gasteiger partial charge in [0.2, 0.25) is 0 Å². The fourth-order valence-electron chi connectivity index (χ4n) is 1.72. The molecule has 2 rings (SSSR count). The summed E-state index contributed by atoms with van der Waals surface area (Å²) in [7, 11) is 0. The first-order valence-corrected chi connectivity index (χ1v) is 7.21. The Morgan fingerprint density at radius 1 is 1.10 bits per heavy atom. The third-order valence-electron chi connectivity index (χ3n) is 2.91. The molecule has 0 radical (unpaired) electrons. The van der Waals surface area contributed by atoms with E-state index in [0.717, 1.165) is 5.56 Å². The highest BCUT2D eigenvalue weighted by molar-refractivity contribution is 6.39. The Balaban J connectivity index is 2.04. The van der Waals surface area contributed by atoms with Gasteiger partial charge in [0.25, 0.3) is 5.91 Å². The van der Waals surface area contributed by atoms with Crippen LogP contribution in [0.3, 0.4) is 0 Å². The summed E-state index contributed by atoms with van der Waals surface area (Å²) < 4.78 is 5.58. The van der Waals surface area contributed by atoms with Crippen molar-refractivity contribution in [2.45, 2.75) is 20.0 Å². The highest BCUT2D eigenvalue weighted by Crippen LogP contribution is 2.30. The van der Waals surface area contributed by atoms with Gasteiger partial charge in [0.05, 0.1) is 15.7 Å². The number of para-hydroxylation sites is 1. The van der Waals surface area contributed by atoms with Crippen molar-refractivity contribution >= 4 is 34.8 Å². The number of aryl methyl sites for hydroxylation is 1. The van der Waals surface area contributed by atoms with Crippen molar-refractivity contribution in [3.63, 3.8) is 0 Å². The molecule has 1 amide bonds. The van der Waals surface area contributed by atoms with Crippen LogP contribution >= 0.6 is 23.2 Å². The van der Waals surface area contributed by atoms with Crippen LogP contribution in [0, 0.1) is 6.92 Å². The smallest absolute Gasteiger partial charge is 0.265 e. The molecular weight excluding hydrogens is 309 g/mol. The highest BCUT2D eigenvalue weighted by Gasteiger charge is 2.17. The number of amides is 1. The van der Waals surface area contributed by atoms with Crippen molar-refractivity contribution in [2.24, 2.45) is 0 Å². The molecule has 2 aromatic carbocycles.